The van der Waals surface area contributed by atoms with E-state index >= 15 is 0 Å². The number of hydrogen-bond acceptors (Lipinski definition) is 6. The van der Waals surface area contributed by atoms with Crippen LogP contribution in [0.5, 0.6) is 11.5 Å². The number of benzene rings is 3. The Morgan fingerprint density at radius 2 is 1.42 bits per heavy atom. The molecule has 1 N–H and O–H groups in total. The van der Waals surface area contributed by atoms with Crippen LogP contribution in [0.2, 0.25) is 0 Å². The molecule has 200 valence electrons. The van der Waals surface area contributed by atoms with Crippen molar-refractivity contribution in [3.05, 3.63) is 94.8 Å². The van der Waals surface area contributed by atoms with Crippen molar-refractivity contribution in [1.82, 2.24) is 4.90 Å². The Morgan fingerprint density at radius 3 is 1.89 bits per heavy atom. The Balaban J connectivity index is 1.87. The third-order valence-electron chi connectivity index (χ3n) is 7.35. The SMILES string of the molecule is COc1cccc(C(=O)[C@H]2CN(C[C@@H](C)O)C[C@@H](C(=O)c3cccc(OC)c3)[C@@H]2c2cccc(F)c2C)c1. The van der Waals surface area contributed by atoms with Crippen molar-refractivity contribution in [3.8, 4) is 11.5 Å². The molecule has 3 aromatic carbocycles. The summed E-state index contributed by atoms with van der Waals surface area (Å²) >= 11 is 0. The normalized spacial score (nSPS) is 20.5. The van der Waals surface area contributed by atoms with Gasteiger partial charge < -0.3 is 14.6 Å². The summed E-state index contributed by atoms with van der Waals surface area (Å²) in [5, 5.41) is 10.2. The molecular weight excluding hydrogens is 485 g/mol. The fourth-order valence-electron chi connectivity index (χ4n) is 5.55. The number of carbonyl (C=O) groups is 2. The van der Waals surface area contributed by atoms with Crippen LogP contribution < -0.4 is 9.47 Å². The summed E-state index contributed by atoms with van der Waals surface area (Å²) in [5.41, 5.74) is 1.98. The minimum atomic E-state index is -0.658. The monoisotopic (exact) mass is 519 g/mol. The molecule has 0 unspecified atom stereocenters. The Bertz CT molecular complexity index is 1240. The van der Waals surface area contributed by atoms with E-state index in [0.29, 0.717) is 53.4 Å². The van der Waals surface area contributed by atoms with Crippen molar-refractivity contribution < 1.29 is 28.6 Å². The summed E-state index contributed by atoms with van der Waals surface area (Å²) in [7, 11) is 3.08. The smallest absolute Gasteiger partial charge is 0.167 e. The Hall–Kier alpha value is -3.55. The quantitative estimate of drug-likeness (QED) is 0.404. The van der Waals surface area contributed by atoms with Gasteiger partial charge in [0.15, 0.2) is 11.6 Å². The van der Waals surface area contributed by atoms with Gasteiger partial charge >= 0.3 is 0 Å². The molecular formula is C31H34FNO5. The third kappa shape index (κ3) is 5.79. The number of aliphatic hydroxyl groups excluding tert-OH is 1. The van der Waals surface area contributed by atoms with Crippen LogP contribution in [0.1, 0.15) is 44.7 Å². The predicted octanol–water partition coefficient (Wildman–Crippen LogP) is 4.93. The zero-order chi connectivity index (χ0) is 27.4. The molecule has 1 heterocycles. The lowest BCUT2D eigenvalue weighted by Crippen LogP contribution is -2.52. The largest absolute Gasteiger partial charge is 0.497 e. The summed E-state index contributed by atoms with van der Waals surface area (Å²) in [6, 6.07) is 18.7. The number of β-amino-alcohol motifs (C(OH)–C–C–N with tert-alkyl or cyclic N) is 1. The molecule has 6 nitrogen and oxygen atoms in total. The summed E-state index contributed by atoms with van der Waals surface area (Å²) in [6.07, 6.45) is -0.650. The lowest BCUT2D eigenvalue weighted by atomic mass is 9.67. The van der Waals surface area contributed by atoms with Gasteiger partial charge in [0, 0.05) is 48.5 Å². The molecule has 0 aliphatic carbocycles. The summed E-state index contributed by atoms with van der Waals surface area (Å²) in [6.45, 7) is 4.32. The first kappa shape index (κ1) is 27.5. The van der Waals surface area contributed by atoms with E-state index in [0.717, 1.165) is 0 Å². The maximum atomic E-state index is 14.8. The van der Waals surface area contributed by atoms with Crippen molar-refractivity contribution in [2.45, 2.75) is 25.9 Å². The number of Topliss-reactive ketones (excluding diaryl/α,β-unsaturated/α-hetero) is 2. The number of ether oxygens (including phenoxy) is 2. The lowest BCUT2D eigenvalue weighted by molar-refractivity contribution is 0.0432. The highest BCUT2D eigenvalue weighted by atomic mass is 19.1. The second-order valence-corrected chi connectivity index (χ2v) is 9.95. The fraction of sp³-hybridized carbons (Fsp3) is 0.355. The van der Waals surface area contributed by atoms with E-state index in [1.165, 1.54) is 20.3 Å². The topological polar surface area (TPSA) is 76.1 Å². The van der Waals surface area contributed by atoms with Crippen molar-refractivity contribution in [2.24, 2.45) is 11.8 Å². The number of likely N-dealkylation sites (tertiary alicyclic amines) is 1. The molecule has 0 amide bonds. The number of aliphatic hydroxyl groups is 1. The molecule has 4 atom stereocenters. The Kier molecular flexibility index (Phi) is 8.59. The average Bonchev–Trinajstić information content (AvgIpc) is 2.93. The molecule has 0 spiro atoms. The van der Waals surface area contributed by atoms with Crippen LogP contribution in [0.25, 0.3) is 0 Å². The zero-order valence-electron chi connectivity index (χ0n) is 22.2. The van der Waals surface area contributed by atoms with E-state index < -0.39 is 23.9 Å². The molecule has 0 radical (unpaired) electrons. The number of halogens is 1. The van der Waals surface area contributed by atoms with Crippen LogP contribution in [-0.4, -0.2) is 61.5 Å². The van der Waals surface area contributed by atoms with E-state index in [1.54, 1.807) is 68.4 Å². The van der Waals surface area contributed by atoms with Crippen molar-refractivity contribution >= 4 is 11.6 Å². The number of ketones is 2. The van der Waals surface area contributed by atoms with Gasteiger partial charge in [-0.1, -0.05) is 36.4 Å². The third-order valence-corrected chi connectivity index (χ3v) is 7.35. The first-order valence-corrected chi connectivity index (χ1v) is 12.8. The van der Waals surface area contributed by atoms with Gasteiger partial charge in [-0.3, -0.25) is 14.5 Å². The molecule has 0 aromatic heterocycles. The molecule has 0 bridgehead atoms. The first-order valence-electron chi connectivity index (χ1n) is 12.8. The fourth-order valence-corrected chi connectivity index (χ4v) is 5.55. The Labute approximate surface area is 223 Å². The van der Waals surface area contributed by atoms with Crippen LogP contribution in [0.4, 0.5) is 4.39 Å². The number of carbonyl (C=O) groups excluding carboxylic acids is 2. The summed E-state index contributed by atoms with van der Waals surface area (Å²) < 4.78 is 25.5. The van der Waals surface area contributed by atoms with Gasteiger partial charge in [-0.05, 0) is 55.3 Å². The van der Waals surface area contributed by atoms with E-state index in [-0.39, 0.29) is 17.4 Å². The molecule has 7 heteroatoms. The second kappa shape index (κ2) is 11.9. The summed E-state index contributed by atoms with van der Waals surface area (Å²) in [4.78, 5) is 30.2. The number of rotatable bonds is 9. The van der Waals surface area contributed by atoms with Gasteiger partial charge in [0.2, 0.25) is 0 Å². The van der Waals surface area contributed by atoms with Crippen molar-refractivity contribution in [1.29, 1.82) is 0 Å². The molecule has 38 heavy (non-hydrogen) atoms. The second-order valence-electron chi connectivity index (χ2n) is 9.95. The summed E-state index contributed by atoms with van der Waals surface area (Å²) in [5.74, 6) is -1.48. The van der Waals surface area contributed by atoms with Gasteiger partial charge in [-0.2, -0.15) is 0 Å². The molecule has 1 aliphatic rings. The van der Waals surface area contributed by atoms with Gasteiger partial charge in [0.25, 0.3) is 0 Å². The highest BCUT2D eigenvalue weighted by Crippen LogP contribution is 2.42. The highest BCUT2D eigenvalue weighted by molar-refractivity contribution is 6.02. The van der Waals surface area contributed by atoms with Crippen molar-refractivity contribution in [2.75, 3.05) is 33.9 Å². The average molecular weight is 520 g/mol. The van der Waals surface area contributed by atoms with Gasteiger partial charge in [-0.15, -0.1) is 0 Å². The minimum absolute atomic E-state index is 0.156. The number of methoxy groups -OCH3 is 2. The zero-order valence-corrected chi connectivity index (χ0v) is 22.2. The molecule has 1 aliphatic heterocycles. The van der Waals surface area contributed by atoms with Crippen LogP contribution in [0, 0.1) is 24.6 Å². The molecule has 3 aromatic rings. The van der Waals surface area contributed by atoms with Crippen LogP contribution in [-0.2, 0) is 0 Å². The molecule has 4 rings (SSSR count). The minimum Gasteiger partial charge on any atom is -0.497 e. The van der Waals surface area contributed by atoms with Gasteiger partial charge in [0.05, 0.1) is 20.3 Å². The highest BCUT2D eigenvalue weighted by Gasteiger charge is 2.45. The van der Waals surface area contributed by atoms with Gasteiger partial charge in [-0.25, -0.2) is 4.39 Å². The van der Waals surface area contributed by atoms with Crippen LogP contribution in [0.3, 0.4) is 0 Å². The van der Waals surface area contributed by atoms with Crippen molar-refractivity contribution in [3.63, 3.8) is 0 Å². The molecule has 0 saturated carbocycles. The standard InChI is InChI=1S/C31H34FNO5/c1-19(34)16-33-17-26(30(35)21-8-5-10-23(14-21)37-3)29(25-12-7-13-28(32)20(25)2)27(18-33)31(36)22-9-6-11-24(15-22)38-4/h5-15,19,26-27,29,34H,16-18H2,1-4H3/t19-,26-,27+,29+/m1/s1. The number of hydrogen-bond donors (Lipinski definition) is 1. The molecule has 1 saturated heterocycles. The van der Waals surface area contributed by atoms with E-state index in [9.17, 15) is 19.1 Å². The predicted molar refractivity (Wildman–Crippen MR) is 144 cm³/mol. The maximum Gasteiger partial charge on any atom is 0.167 e. The van der Waals surface area contributed by atoms with Gasteiger partial charge in [0.1, 0.15) is 17.3 Å². The maximum absolute atomic E-state index is 14.8. The van der Waals surface area contributed by atoms with E-state index in [2.05, 4.69) is 0 Å². The lowest BCUT2D eigenvalue weighted by Gasteiger charge is -2.44. The van der Waals surface area contributed by atoms with E-state index in [4.69, 9.17) is 9.47 Å². The number of piperidine rings is 1. The number of nitrogens with zero attached hydrogens (tertiary/aromatic N) is 1. The molecule has 1 fully saturated rings. The Morgan fingerprint density at radius 1 is 0.921 bits per heavy atom. The van der Waals surface area contributed by atoms with E-state index in [1.807, 2.05) is 11.0 Å². The first-order chi connectivity index (χ1) is 18.2. The van der Waals surface area contributed by atoms with Crippen LogP contribution >= 0.6 is 0 Å². The van der Waals surface area contributed by atoms with Crippen LogP contribution in [0.15, 0.2) is 66.7 Å².